The van der Waals surface area contributed by atoms with Crippen LogP contribution in [0.4, 0.5) is 5.69 Å². The van der Waals surface area contributed by atoms with Crippen molar-refractivity contribution in [2.75, 3.05) is 11.9 Å². The van der Waals surface area contributed by atoms with E-state index in [1.54, 1.807) is 18.5 Å². The average Bonchev–Trinajstić information content (AvgIpc) is 2.45. The SMILES string of the molecule is Cc1cncc(NC(=O)c2ccc(C)cc2C#CCN)c1. The minimum atomic E-state index is -0.205. The van der Waals surface area contributed by atoms with E-state index in [0.717, 1.165) is 11.1 Å². The fourth-order valence-corrected chi connectivity index (χ4v) is 1.93. The summed E-state index contributed by atoms with van der Waals surface area (Å²) in [5.74, 6) is 5.52. The van der Waals surface area contributed by atoms with Crippen LogP contribution in [0, 0.1) is 25.7 Å². The molecule has 0 aliphatic carbocycles. The number of nitrogens with zero attached hydrogens (tertiary/aromatic N) is 1. The normalized spacial score (nSPS) is 9.67. The van der Waals surface area contributed by atoms with Gasteiger partial charge in [0.15, 0.2) is 0 Å². The molecule has 2 rings (SSSR count). The summed E-state index contributed by atoms with van der Waals surface area (Å²) in [5.41, 5.74) is 9.31. The lowest BCUT2D eigenvalue weighted by Gasteiger charge is -2.08. The van der Waals surface area contributed by atoms with Crippen molar-refractivity contribution >= 4 is 11.6 Å². The second-order valence-corrected chi connectivity index (χ2v) is 4.76. The maximum absolute atomic E-state index is 12.4. The molecular weight excluding hydrogens is 262 g/mol. The summed E-state index contributed by atoms with van der Waals surface area (Å²) < 4.78 is 0. The lowest BCUT2D eigenvalue weighted by Crippen LogP contribution is -2.14. The summed E-state index contributed by atoms with van der Waals surface area (Å²) in [6, 6.07) is 7.40. The van der Waals surface area contributed by atoms with Crippen LogP contribution >= 0.6 is 0 Å². The molecule has 1 heterocycles. The van der Waals surface area contributed by atoms with Crippen LogP contribution < -0.4 is 11.1 Å². The van der Waals surface area contributed by atoms with Crippen LogP contribution in [0.3, 0.4) is 0 Å². The Morgan fingerprint density at radius 2 is 2.05 bits per heavy atom. The molecule has 0 atom stereocenters. The Hall–Kier alpha value is -2.64. The first-order valence-electron chi connectivity index (χ1n) is 6.63. The zero-order chi connectivity index (χ0) is 15.2. The highest BCUT2D eigenvalue weighted by atomic mass is 16.1. The van der Waals surface area contributed by atoms with Gasteiger partial charge in [0.2, 0.25) is 0 Å². The van der Waals surface area contributed by atoms with Gasteiger partial charge in [0.1, 0.15) is 0 Å². The summed E-state index contributed by atoms with van der Waals surface area (Å²) in [6.07, 6.45) is 3.35. The molecule has 0 saturated carbocycles. The van der Waals surface area contributed by atoms with E-state index >= 15 is 0 Å². The van der Waals surface area contributed by atoms with Gasteiger partial charge < -0.3 is 11.1 Å². The molecule has 0 spiro atoms. The first kappa shape index (κ1) is 14.8. The van der Waals surface area contributed by atoms with E-state index < -0.39 is 0 Å². The van der Waals surface area contributed by atoms with Crippen LogP contribution in [0.2, 0.25) is 0 Å². The Morgan fingerprint density at radius 3 is 2.76 bits per heavy atom. The van der Waals surface area contributed by atoms with Crippen molar-refractivity contribution in [1.29, 1.82) is 0 Å². The Labute approximate surface area is 124 Å². The highest BCUT2D eigenvalue weighted by molar-refractivity contribution is 6.06. The monoisotopic (exact) mass is 279 g/mol. The molecule has 0 fully saturated rings. The molecule has 0 radical (unpaired) electrons. The maximum atomic E-state index is 12.4. The van der Waals surface area contributed by atoms with Gasteiger partial charge >= 0.3 is 0 Å². The van der Waals surface area contributed by atoms with E-state index in [-0.39, 0.29) is 12.5 Å². The third-order valence-electron chi connectivity index (χ3n) is 2.88. The van der Waals surface area contributed by atoms with Crippen molar-refractivity contribution < 1.29 is 4.79 Å². The van der Waals surface area contributed by atoms with Gasteiger partial charge in [-0.2, -0.15) is 0 Å². The minimum Gasteiger partial charge on any atom is -0.321 e. The number of carbonyl (C=O) groups excluding carboxylic acids is 1. The summed E-state index contributed by atoms with van der Waals surface area (Å²) in [4.78, 5) is 16.4. The predicted octanol–water partition coefficient (Wildman–Crippen LogP) is 2.26. The summed E-state index contributed by atoms with van der Waals surface area (Å²) >= 11 is 0. The van der Waals surface area contributed by atoms with Gasteiger partial charge in [0.25, 0.3) is 5.91 Å². The zero-order valence-corrected chi connectivity index (χ0v) is 12.1. The fourth-order valence-electron chi connectivity index (χ4n) is 1.93. The van der Waals surface area contributed by atoms with E-state index in [1.165, 1.54) is 0 Å². The van der Waals surface area contributed by atoms with Crippen molar-refractivity contribution in [3.8, 4) is 11.8 Å². The number of carbonyl (C=O) groups is 1. The molecule has 1 aromatic heterocycles. The van der Waals surface area contributed by atoms with Crippen LogP contribution in [-0.4, -0.2) is 17.4 Å². The van der Waals surface area contributed by atoms with Crippen LogP contribution in [-0.2, 0) is 0 Å². The number of hydrogen-bond acceptors (Lipinski definition) is 3. The first-order chi connectivity index (χ1) is 10.1. The highest BCUT2D eigenvalue weighted by Crippen LogP contribution is 2.14. The van der Waals surface area contributed by atoms with Crippen LogP contribution in [0.15, 0.2) is 36.7 Å². The number of rotatable bonds is 2. The maximum Gasteiger partial charge on any atom is 0.256 e. The molecule has 0 saturated heterocycles. The lowest BCUT2D eigenvalue weighted by molar-refractivity contribution is 0.102. The van der Waals surface area contributed by atoms with Gasteiger partial charge in [-0.1, -0.05) is 17.9 Å². The van der Waals surface area contributed by atoms with Gasteiger partial charge in [-0.3, -0.25) is 9.78 Å². The molecule has 4 heteroatoms. The number of benzene rings is 1. The number of nitrogens with two attached hydrogens (primary N) is 1. The number of nitrogens with one attached hydrogen (secondary N) is 1. The molecule has 106 valence electrons. The van der Waals surface area contributed by atoms with Gasteiger partial charge in [-0.15, -0.1) is 0 Å². The predicted molar refractivity (Wildman–Crippen MR) is 84.0 cm³/mol. The second kappa shape index (κ2) is 6.69. The molecule has 21 heavy (non-hydrogen) atoms. The Balaban J connectivity index is 2.30. The van der Waals surface area contributed by atoms with E-state index in [2.05, 4.69) is 22.1 Å². The summed E-state index contributed by atoms with van der Waals surface area (Å²) in [6.45, 7) is 4.14. The fraction of sp³-hybridized carbons (Fsp3) is 0.176. The molecule has 1 aromatic carbocycles. The van der Waals surface area contributed by atoms with Gasteiger partial charge in [0, 0.05) is 11.8 Å². The van der Waals surface area contributed by atoms with E-state index in [4.69, 9.17) is 5.73 Å². The number of pyridine rings is 1. The van der Waals surface area contributed by atoms with Crippen molar-refractivity contribution in [3.63, 3.8) is 0 Å². The van der Waals surface area contributed by atoms with Gasteiger partial charge in [-0.05, 0) is 43.2 Å². The highest BCUT2D eigenvalue weighted by Gasteiger charge is 2.11. The molecule has 0 bridgehead atoms. The second-order valence-electron chi connectivity index (χ2n) is 4.76. The smallest absolute Gasteiger partial charge is 0.256 e. The zero-order valence-electron chi connectivity index (χ0n) is 12.1. The molecule has 4 nitrogen and oxygen atoms in total. The lowest BCUT2D eigenvalue weighted by atomic mass is 10.0. The Bertz CT molecular complexity index is 726. The van der Waals surface area contributed by atoms with Crippen molar-refractivity contribution in [2.45, 2.75) is 13.8 Å². The molecule has 0 unspecified atom stereocenters. The van der Waals surface area contributed by atoms with Crippen LogP contribution in [0.5, 0.6) is 0 Å². The van der Waals surface area contributed by atoms with Crippen LogP contribution in [0.1, 0.15) is 27.0 Å². The third-order valence-corrected chi connectivity index (χ3v) is 2.88. The number of aryl methyl sites for hydroxylation is 2. The van der Waals surface area contributed by atoms with Crippen LogP contribution in [0.25, 0.3) is 0 Å². The molecule has 3 N–H and O–H groups in total. The van der Waals surface area contributed by atoms with E-state index in [0.29, 0.717) is 16.8 Å². The Kier molecular flexibility index (Phi) is 4.70. The van der Waals surface area contributed by atoms with Gasteiger partial charge in [0.05, 0.1) is 24.0 Å². The topological polar surface area (TPSA) is 68.0 Å². The largest absolute Gasteiger partial charge is 0.321 e. The van der Waals surface area contributed by atoms with Gasteiger partial charge in [-0.25, -0.2) is 0 Å². The minimum absolute atomic E-state index is 0.205. The van der Waals surface area contributed by atoms with Crippen molar-refractivity contribution in [3.05, 3.63) is 58.9 Å². The molecule has 0 aliphatic rings. The third kappa shape index (κ3) is 3.91. The quantitative estimate of drug-likeness (QED) is 0.829. The number of hydrogen-bond donors (Lipinski definition) is 2. The average molecular weight is 279 g/mol. The van der Waals surface area contributed by atoms with Crippen molar-refractivity contribution in [1.82, 2.24) is 4.98 Å². The summed E-state index contributed by atoms with van der Waals surface area (Å²) in [5, 5.41) is 2.83. The number of aromatic nitrogens is 1. The first-order valence-corrected chi connectivity index (χ1v) is 6.63. The number of amides is 1. The molecule has 0 aliphatic heterocycles. The molecule has 2 aromatic rings. The molecular formula is C17H17N3O. The Morgan fingerprint density at radius 1 is 1.24 bits per heavy atom. The van der Waals surface area contributed by atoms with E-state index in [1.807, 2.05) is 32.0 Å². The van der Waals surface area contributed by atoms with Crippen molar-refractivity contribution in [2.24, 2.45) is 5.73 Å². The standard InChI is InChI=1S/C17H17N3O/c1-12-5-6-16(14(8-12)4-3-7-18)17(21)20-15-9-13(2)10-19-11-15/h5-6,8-11H,7,18H2,1-2H3,(H,20,21). The number of anilines is 1. The molecule has 1 amide bonds. The summed E-state index contributed by atoms with van der Waals surface area (Å²) in [7, 11) is 0. The van der Waals surface area contributed by atoms with E-state index in [9.17, 15) is 4.79 Å².